The van der Waals surface area contributed by atoms with Gasteiger partial charge in [0, 0.05) is 10.7 Å². The molecule has 0 radical (unpaired) electrons. The maximum atomic E-state index is 12.4. The van der Waals surface area contributed by atoms with Crippen LogP contribution in [-0.4, -0.2) is 18.0 Å². The van der Waals surface area contributed by atoms with Crippen LogP contribution in [0.25, 0.3) is 0 Å². The van der Waals surface area contributed by atoms with Gasteiger partial charge in [0.05, 0.1) is 6.04 Å². The molecule has 1 atom stereocenters. The predicted molar refractivity (Wildman–Crippen MR) is 92.3 cm³/mol. The first-order chi connectivity index (χ1) is 10.6. The van der Waals surface area contributed by atoms with Gasteiger partial charge in [-0.15, -0.1) is 0 Å². The summed E-state index contributed by atoms with van der Waals surface area (Å²) in [5.74, 6) is 0.0624. The van der Waals surface area contributed by atoms with Crippen molar-refractivity contribution in [1.82, 2.24) is 0 Å². The molecule has 0 aliphatic heterocycles. The van der Waals surface area contributed by atoms with E-state index in [1.54, 1.807) is 0 Å². The normalized spacial score (nSPS) is 18.3. The quantitative estimate of drug-likeness (QED) is 0.872. The van der Waals surface area contributed by atoms with Crippen molar-refractivity contribution in [3.8, 4) is 0 Å². The zero-order valence-corrected chi connectivity index (χ0v) is 14.5. The van der Waals surface area contributed by atoms with Crippen LogP contribution in [0.15, 0.2) is 18.2 Å². The van der Waals surface area contributed by atoms with Crippen molar-refractivity contribution >= 4 is 23.2 Å². The third kappa shape index (κ3) is 5.29. The van der Waals surface area contributed by atoms with Crippen LogP contribution in [0, 0.1) is 6.92 Å². The van der Waals surface area contributed by atoms with Crippen LogP contribution in [-0.2, 0) is 4.79 Å². The lowest BCUT2D eigenvalue weighted by atomic mass is 9.96. The Labute approximate surface area is 138 Å². The number of rotatable bonds is 4. The number of halogens is 1. The second kappa shape index (κ2) is 8.54. The summed E-state index contributed by atoms with van der Waals surface area (Å²) in [5.41, 5.74) is 1.85. The number of aryl methyl sites for hydroxylation is 1. The Morgan fingerprint density at radius 1 is 1.23 bits per heavy atom. The molecule has 1 aliphatic carbocycles. The minimum absolute atomic E-state index is 0.0624. The summed E-state index contributed by atoms with van der Waals surface area (Å²) in [4.78, 5) is 12.4. The van der Waals surface area contributed by atoms with Gasteiger partial charge in [-0.05, 0) is 57.2 Å². The Balaban J connectivity index is 1.89. The number of anilines is 1. The average Bonchev–Trinajstić information content (AvgIpc) is 2.45. The fraction of sp³-hybridized carbons (Fsp3) is 0.611. The number of amides is 1. The monoisotopic (exact) mass is 323 g/mol. The summed E-state index contributed by atoms with van der Waals surface area (Å²) >= 11 is 6.01. The van der Waals surface area contributed by atoms with Crippen molar-refractivity contribution in [2.45, 2.75) is 70.9 Å². The van der Waals surface area contributed by atoms with Crippen molar-refractivity contribution in [2.75, 3.05) is 5.32 Å². The molecule has 0 heterocycles. The van der Waals surface area contributed by atoms with Gasteiger partial charge in [-0.2, -0.15) is 0 Å². The summed E-state index contributed by atoms with van der Waals surface area (Å²) < 4.78 is 0. The Morgan fingerprint density at radius 2 is 1.86 bits per heavy atom. The topological polar surface area (TPSA) is 45.7 Å². The van der Waals surface area contributed by atoms with Gasteiger partial charge >= 0.3 is 0 Å². The highest BCUT2D eigenvalue weighted by molar-refractivity contribution is 6.31. The third-order valence-corrected chi connectivity index (χ3v) is 4.82. The van der Waals surface area contributed by atoms with E-state index >= 15 is 0 Å². The zero-order valence-electron chi connectivity index (χ0n) is 13.7. The summed E-state index contributed by atoms with van der Waals surface area (Å²) in [6.45, 7) is 3.98. The fourth-order valence-corrected chi connectivity index (χ4v) is 3.32. The van der Waals surface area contributed by atoms with Crippen molar-refractivity contribution in [1.29, 1.82) is 0 Å². The highest BCUT2D eigenvalue weighted by atomic mass is 35.5. The van der Waals surface area contributed by atoms with E-state index in [4.69, 9.17) is 11.6 Å². The summed E-state index contributed by atoms with van der Waals surface area (Å²) in [6, 6.07) is 6.11. The molecule has 0 aromatic heterocycles. The number of nitrogens with two attached hydrogens (primary N) is 1. The first-order valence-corrected chi connectivity index (χ1v) is 8.86. The summed E-state index contributed by atoms with van der Waals surface area (Å²) in [7, 11) is 0. The van der Waals surface area contributed by atoms with Crippen molar-refractivity contribution in [2.24, 2.45) is 0 Å². The molecule has 2 rings (SSSR count). The molecule has 0 bridgehead atoms. The molecule has 3 N–H and O–H groups in total. The van der Waals surface area contributed by atoms with Gasteiger partial charge in [0.25, 0.3) is 5.91 Å². The first-order valence-electron chi connectivity index (χ1n) is 8.48. The van der Waals surface area contributed by atoms with Gasteiger partial charge in [0.1, 0.15) is 0 Å². The lowest BCUT2D eigenvalue weighted by Gasteiger charge is -2.22. The van der Waals surface area contributed by atoms with E-state index in [2.05, 4.69) is 10.6 Å². The van der Waals surface area contributed by atoms with E-state index in [1.807, 2.05) is 32.0 Å². The summed E-state index contributed by atoms with van der Waals surface area (Å²) in [5, 5.41) is 5.91. The van der Waals surface area contributed by atoms with E-state index in [9.17, 15) is 4.79 Å². The Bertz CT molecular complexity index is 496. The molecule has 3 nitrogen and oxygen atoms in total. The number of benzene rings is 1. The minimum Gasteiger partial charge on any atom is -0.334 e. The molecule has 1 amide bonds. The van der Waals surface area contributed by atoms with Gasteiger partial charge < -0.3 is 10.6 Å². The number of quaternary nitrogens is 1. The molecule has 0 unspecified atom stereocenters. The van der Waals surface area contributed by atoms with Crippen LogP contribution in [0.2, 0.25) is 5.02 Å². The first kappa shape index (κ1) is 17.3. The maximum Gasteiger partial charge on any atom is 0.282 e. The van der Waals surface area contributed by atoms with E-state index < -0.39 is 0 Å². The molecule has 1 aliphatic rings. The highest BCUT2D eigenvalue weighted by Crippen LogP contribution is 2.20. The van der Waals surface area contributed by atoms with E-state index in [0.29, 0.717) is 11.1 Å². The zero-order chi connectivity index (χ0) is 15.9. The van der Waals surface area contributed by atoms with Crippen LogP contribution in [0.4, 0.5) is 5.69 Å². The van der Waals surface area contributed by atoms with Gasteiger partial charge in [0.15, 0.2) is 6.04 Å². The van der Waals surface area contributed by atoms with Crippen molar-refractivity contribution in [3.63, 3.8) is 0 Å². The molecule has 1 fully saturated rings. The number of carbonyl (C=O) groups is 1. The van der Waals surface area contributed by atoms with Gasteiger partial charge in [-0.1, -0.05) is 36.9 Å². The van der Waals surface area contributed by atoms with Crippen LogP contribution in [0.3, 0.4) is 0 Å². The van der Waals surface area contributed by atoms with Crippen molar-refractivity contribution in [3.05, 3.63) is 28.8 Å². The van der Waals surface area contributed by atoms with Crippen LogP contribution in [0.5, 0.6) is 0 Å². The van der Waals surface area contributed by atoms with Gasteiger partial charge in [0.2, 0.25) is 0 Å². The summed E-state index contributed by atoms with van der Waals surface area (Å²) in [6.07, 6.45) is 9.10. The Kier molecular flexibility index (Phi) is 6.71. The molecule has 122 valence electrons. The number of hydrogen-bond acceptors (Lipinski definition) is 1. The lowest BCUT2D eigenvalue weighted by Crippen LogP contribution is -2.96. The average molecular weight is 324 g/mol. The number of nitrogens with one attached hydrogen (secondary N) is 1. The number of carbonyl (C=O) groups excluding carboxylic acids is 1. The minimum atomic E-state index is -0.0668. The number of hydrogen-bond donors (Lipinski definition) is 2. The van der Waals surface area contributed by atoms with E-state index in [0.717, 1.165) is 11.3 Å². The van der Waals surface area contributed by atoms with Crippen LogP contribution < -0.4 is 10.6 Å². The molecule has 1 aromatic carbocycles. The van der Waals surface area contributed by atoms with Gasteiger partial charge in [-0.3, -0.25) is 4.79 Å². The Morgan fingerprint density at radius 3 is 2.55 bits per heavy atom. The largest absolute Gasteiger partial charge is 0.334 e. The second-order valence-electron chi connectivity index (χ2n) is 6.53. The third-order valence-electron chi connectivity index (χ3n) is 4.58. The second-order valence-corrected chi connectivity index (χ2v) is 6.97. The fourth-order valence-electron chi connectivity index (χ4n) is 3.15. The van der Waals surface area contributed by atoms with Crippen LogP contribution >= 0.6 is 11.6 Å². The van der Waals surface area contributed by atoms with E-state index in [1.165, 1.54) is 44.9 Å². The molecule has 22 heavy (non-hydrogen) atoms. The van der Waals surface area contributed by atoms with Gasteiger partial charge in [-0.25, -0.2) is 0 Å². The molecule has 4 heteroatoms. The SMILES string of the molecule is Cc1ccc(Cl)cc1NC(=O)[C@@H](C)[NH2+]C1CCCCCCC1. The molecule has 0 saturated heterocycles. The molecule has 1 aromatic rings. The predicted octanol–water partition coefficient (Wildman–Crippen LogP) is 3.65. The highest BCUT2D eigenvalue weighted by Gasteiger charge is 2.22. The van der Waals surface area contributed by atoms with Crippen LogP contribution in [0.1, 0.15) is 57.4 Å². The van der Waals surface area contributed by atoms with E-state index in [-0.39, 0.29) is 11.9 Å². The maximum absolute atomic E-state index is 12.4. The molecular weight excluding hydrogens is 296 g/mol. The lowest BCUT2D eigenvalue weighted by molar-refractivity contribution is -0.707. The van der Waals surface area contributed by atoms with Crippen molar-refractivity contribution < 1.29 is 10.1 Å². The molecule has 0 spiro atoms. The molecule has 1 saturated carbocycles. The molecular formula is C18H28ClN2O+. The standard InChI is InChI=1S/C18H27ClN2O/c1-13-10-11-15(19)12-17(13)21-18(22)14(2)20-16-8-6-4-3-5-7-9-16/h10-12,14,16,20H,3-9H2,1-2H3,(H,21,22)/p+1/t14-/m1/s1. The smallest absolute Gasteiger partial charge is 0.282 e. The Hall–Kier alpha value is -1.06.